The summed E-state index contributed by atoms with van der Waals surface area (Å²) in [6.07, 6.45) is 1.86. The van der Waals surface area contributed by atoms with Gasteiger partial charge in [0.2, 0.25) is 11.8 Å². The van der Waals surface area contributed by atoms with Gasteiger partial charge in [-0.05, 0) is 55.7 Å². The van der Waals surface area contributed by atoms with Crippen LogP contribution in [-0.2, 0) is 32.6 Å². The molecule has 0 radical (unpaired) electrons. The van der Waals surface area contributed by atoms with Crippen LogP contribution in [0.3, 0.4) is 0 Å². The van der Waals surface area contributed by atoms with Crippen LogP contribution in [-0.4, -0.2) is 44.3 Å². The summed E-state index contributed by atoms with van der Waals surface area (Å²) in [5, 5.41) is 2.97. The maximum absolute atomic E-state index is 15.2. The summed E-state index contributed by atoms with van der Waals surface area (Å²) in [5.41, 5.74) is 3.19. The summed E-state index contributed by atoms with van der Waals surface area (Å²) >= 11 is 0. The highest BCUT2D eigenvalue weighted by Crippen LogP contribution is 2.27. The number of sulfonamides is 1. The fourth-order valence-corrected chi connectivity index (χ4v) is 6.49. The standard InChI is InChI=1S/C36H40FN3O4S/c1-4-5-22-38-36(42)34(24-29-13-7-6-8-14-29)39(25-30-15-11-12-28(3)23-30)35(41)26-40(33-17-10-9-16-32(33)37)45(43,44)31-20-18-27(2)19-21-31/h6-21,23,34H,4-5,22,24-26H2,1-3H3,(H,38,42)/t34-/m1/s1. The molecule has 9 heteroatoms. The molecule has 7 nitrogen and oxygen atoms in total. The third-order valence-corrected chi connectivity index (χ3v) is 9.32. The minimum atomic E-state index is -4.38. The molecule has 0 heterocycles. The molecule has 2 amide bonds. The van der Waals surface area contributed by atoms with E-state index in [-0.39, 0.29) is 29.5 Å². The van der Waals surface area contributed by atoms with Crippen molar-refractivity contribution >= 4 is 27.5 Å². The van der Waals surface area contributed by atoms with E-state index in [1.54, 1.807) is 12.1 Å². The van der Waals surface area contributed by atoms with Crippen molar-refractivity contribution in [2.45, 2.75) is 57.5 Å². The largest absolute Gasteiger partial charge is 0.354 e. The molecular formula is C36H40FN3O4S. The first kappa shape index (κ1) is 33.4. The smallest absolute Gasteiger partial charge is 0.264 e. The number of hydrogen-bond donors (Lipinski definition) is 1. The minimum absolute atomic E-state index is 0.0505. The second-order valence-electron chi connectivity index (χ2n) is 11.1. The lowest BCUT2D eigenvalue weighted by atomic mass is 10.0. The molecule has 0 saturated heterocycles. The molecule has 4 aromatic rings. The second-order valence-corrected chi connectivity index (χ2v) is 13.0. The Balaban J connectivity index is 1.80. The molecule has 1 N–H and O–H groups in total. The van der Waals surface area contributed by atoms with Crippen molar-refractivity contribution in [3.63, 3.8) is 0 Å². The number of nitrogens with zero attached hydrogens (tertiary/aromatic N) is 2. The average Bonchev–Trinajstić information content (AvgIpc) is 3.02. The number of unbranched alkanes of at least 4 members (excludes halogenated alkanes) is 1. The molecule has 4 rings (SSSR count). The summed E-state index contributed by atoms with van der Waals surface area (Å²) < 4.78 is 44.1. The van der Waals surface area contributed by atoms with Crippen LogP contribution in [0, 0.1) is 19.7 Å². The number of benzene rings is 4. The topological polar surface area (TPSA) is 86.8 Å². The van der Waals surface area contributed by atoms with Crippen LogP contribution in [0.15, 0.2) is 108 Å². The maximum Gasteiger partial charge on any atom is 0.264 e. The Morgan fingerprint density at radius 1 is 0.822 bits per heavy atom. The van der Waals surface area contributed by atoms with Gasteiger partial charge < -0.3 is 10.2 Å². The van der Waals surface area contributed by atoms with Gasteiger partial charge in [-0.25, -0.2) is 12.8 Å². The lowest BCUT2D eigenvalue weighted by molar-refractivity contribution is -0.140. The van der Waals surface area contributed by atoms with Gasteiger partial charge in [0.15, 0.2) is 0 Å². The Bertz CT molecular complexity index is 1700. The van der Waals surface area contributed by atoms with Crippen LogP contribution < -0.4 is 9.62 Å². The Labute approximate surface area is 265 Å². The molecule has 0 unspecified atom stereocenters. The number of nitrogens with one attached hydrogen (secondary N) is 1. The summed E-state index contributed by atoms with van der Waals surface area (Å²) in [7, 11) is -4.38. The van der Waals surface area contributed by atoms with E-state index in [2.05, 4.69) is 5.32 Å². The van der Waals surface area contributed by atoms with E-state index in [4.69, 9.17) is 0 Å². The monoisotopic (exact) mass is 629 g/mol. The van der Waals surface area contributed by atoms with Crippen molar-refractivity contribution in [1.82, 2.24) is 10.2 Å². The normalized spacial score (nSPS) is 11.9. The van der Waals surface area contributed by atoms with Crippen LogP contribution >= 0.6 is 0 Å². The molecule has 0 fully saturated rings. The highest BCUT2D eigenvalue weighted by molar-refractivity contribution is 7.92. The first-order valence-electron chi connectivity index (χ1n) is 15.1. The van der Waals surface area contributed by atoms with Gasteiger partial charge in [0.25, 0.3) is 10.0 Å². The molecule has 0 aliphatic carbocycles. The fraction of sp³-hybridized carbons (Fsp3) is 0.278. The number of rotatable bonds is 14. The Morgan fingerprint density at radius 2 is 1.49 bits per heavy atom. The number of halogens is 1. The Morgan fingerprint density at radius 3 is 2.16 bits per heavy atom. The molecule has 4 aromatic carbocycles. The van der Waals surface area contributed by atoms with E-state index in [0.717, 1.165) is 45.5 Å². The average molecular weight is 630 g/mol. The third kappa shape index (κ3) is 8.79. The Hall–Kier alpha value is -4.50. The number of carbonyl (C=O) groups is 2. The third-order valence-electron chi connectivity index (χ3n) is 7.55. The van der Waals surface area contributed by atoms with Gasteiger partial charge in [0.1, 0.15) is 18.4 Å². The van der Waals surface area contributed by atoms with E-state index >= 15 is 4.39 Å². The van der Waals surface area contributed by atoms with Gasteiger partial charge >= 0.3 is 0 Å². The Kier molecular flexibility index (Phi) is 11.5. The zero-order valence-corrected chi connectivity index (χ0v) is 26.8. The molecule has 0 aliphatic rings. The first-order chi connectivity index (χ1) is 21.6. The van der Waals surface area contributed by atoms with Crippen molar-refractivity contribution in [2.24, 2.45) is 0 Å². The van der Waals surface area contributed by atoms with Gasteiger partial charge in [-0.2, -0.15) is 0 Å². The molecule has 236 valence electrons. The summed E-state index contributed by atoms with van der Waals surface area (Å²) in [6.45, 7) is 5.56. The summed E-state index contributed by atoms with van der Waals surface area (Å²) in [6, 6.07) is 27.6. The summed E-state index contributed by atoms with van der Waals surface area (Å²) in [4.78, 5) is 29.6. The number of aryl methyl sites for hydroxylation is 2. The molecule has 0 bridgehead atoms. The van der Waals surface area contributed by atoms with E-state index in [1.165, 1.54) is 35.2 Å². The molecule has 1 atom stereocenters. The number of amides is 2. The molecule has 45 heavy (non-hydrogen) atoms. The van der Waals surface area contributed by atoms with Crippen LogP contribution in [0.1, 0.15) is 42.0 Å². The fourth-order valence-electron chi connectivity index (χ4n) is 5.07. The highest BCUT2D eigenvalue weighted by Gasteiger charge is 2.35. The summed E-state index contributed by atoms with van der Waals surface area (Å²) in [5.74, 6) is -1.77. The lowest BCUT2D eigenvalue weighted by Gasteiger charge is -2.34. The van der Waals surface area contributed by atoms with E-state index in [0.29, 0.717) is 6.54 Å². The minimum Gasteiger partial charge on any atom is -0.354 e. The number of anilines is 1. The molecule has 0 aromatic heterocycles. The number of hydrogen-bond acceptors (Lipinski definition) is 4. The molecular weight excluding hydrogens is 589 g/mol. The van der Waals surface area contributed by atoms with Crippen LogP contribution in [0.4, 0.5) is 10.1 Å². The van der Waals surface area contributed by atoms with Crippen LogP contribution in [0.2, 0.25) is 0 Å². The van der Waals surface area contributed by atoms with Gasteiger partial charge in [-0.15, -0.1) is 0 Å². The number of carbonyl (C=O) groups excluding carboxylic acids is 2. The van der Waals surface area contributed by atoms with Crippen molar-refractivity contribution in [3.8, 4) is 0 Å². The maximum atomic E-state index is 15.2. The predicted octanol–water partition coefficient (Wildman–Crippen LogP) is 6.19. The zero-order chi connectivity index (χ0) is 32.4. The van der Waals surface area contributed by atoms with Crippen LogP contribution in [0.25, 0.3) is 0 Å². The van der Waals surface area contributed by atoms with Gasteiger partial charge in [-0.1, -0.05) is 103 Å². The van der Waals surface area contributed by atoms with Gasteiger partial charge in [-0.3, -0.25) is 13.9 Å². The second kappa shape index (κ2) is 15.5. The van der Waals surface area contributed by atoms with E-state index in [1.807, 2.05) is 75.4 Å². The quantitative estimate of drug-likeness (QED) is 0.169. The highest BCUT2D eigenvalue weighted by atomic mass is 32.2. The first-order valence-corrected chi connectivity index (χ1v) is 16.5. The van der Waals surface area contributed by atoms with Crippen molar-refractivity contribution in [2.75, 3.05) is 17.4 Å². The predicted molar refractivity (Wildman–Crippen MR) is 176 cm³/mol. The molecule has 0 spiro atoms. The van der Waals surface area contributed by atoms with Crippen molar-refractivity contribution < 1.29 is 22.4 Å². The van der Waals surface area contributed by atoms with E-state index < -0.39 is 34.3 Å². The van der Waals surface area contributed by atoms with E-state index in [9.17, 15) is 18.0 Å². The van der Waals surface area contributed by atoms with Crippen molar-refractivity contribution in [3.05, 3.63) is 131 Å². The zero-order valence-electron chi connectivity index (χ0n) is 25.9. The number of para-hydroxylation sites is 1. The van der Waals surface area contributed by atoms with Crippen LogP contribution in [0.5, 0.6) is 0 Å². The lowest BCUT2D eigenvalue weighted by Crippen LogP contribution is -2.53. The van der Waals surface area contributed by atoms with Gasteiger partial charge in [0, 0.05) is 19.5 Å². The van der Waals surface area contributed by atoms with Gasteiger partial charge in [0.05, 0.1) is 10.6 Å². The molecule has 0 saturated carbocycles. The SMILES string of the molecule is CCCCNC(=O)[C@@H](Cc1ccccc1)N(Cc1cccc(C)c1)C(=O)CN(c1ccccc1F)S(=O)(=O)c1ccc(C)cc1. The van der Waals surface area contributed by atoms with Crippen molar-refractivity contribution in [1.29, 1.82) is 0 Å². The molecule has 0 aliphatic heterocycles.